The monoisotopic (exact) mass is 300 g/mol. The summed E-state index contributed by atoms with van der Waals surface area (Å²) >= 11 is 0. The molecule has 0 radical (unpaired) electrons. The third-order valence-corrected chi connectivity index (χ3v) is 4.65. The second-order valence-corrected chi connectivity index (χ2v) is 6.35. The maximum atomic E-state index is 9.32. The zero-order valence-electron chi connectivity index (χ0n) is 13.3. The van der Waals surface area contributed by atoms with Gasteiger partial charge in [-0.3, -0.25) is 0 Å². The Labute approximate surface area is 131 Å². The minimum atomic E-state index is 0.0399. The molecule has 2 aromatic rings. The van der Waals surface area contributed by atoms with Crippen LogP contribution in [-0.2, 0) is 6.61 Å². The summed E-state index contributed by atoms with van der Waals surface area (Å²) in [5, 5.41) is 13.9. The number of rotatable bonds is 4. The highest BCUT2D eigenvalue weighted by molar-refractivity contribution is 5.89. The zero-order chi connectivity index (χ0) is 15.5. The molecule has 1 aliphatic rings. The molecule has 1 aromatic carbocycles. The molecule has 0 unspecified atom stereocenters. The SMILES string of the molecule is CN(C)[C@H]1CC[C@H](Nc2ncnc3ccc(CO)cc23)CC1. The summed E-state index contributed by atoms with van der Waals surface area (Å²) in [6.45, 7) is 0.0399. The van der Waals surface area contributed by atoms with Gasteiger partial charge in [0, 0.05) is 17.5 Å². The highest BCUT2D eigenvalue weighted by Crippen LogP contribution is 2.27. The first-order valence-corrected chi connectivity index (χ1v) is 7.95. The van der Waals surface area contributed by atoms with Gasteiger partial charge in [-0.15, -0.1) is 0 Å². The molecule has 1 aromatic heterocycles. The van der Waals surface area contributed by atoms with Crippen LogP contribution >= 0.6 is 0 Å². The minimum absolute atomic E-state index is 0.0399. The molecule has 3 rings (SSSR count). The fraction of sp³-hybridized carbons (Fsp3) is 0.529. The number of nitrogens with zero attached hydrogens (tertiary/aromatic N) is 3. The fourth-order valence-corrected chi connectivity index (χ4v) is 3.25. The van der Waals surface area contributed by atoms with Gasteiger partial charge < -0.3 is 15.3 Å². The van der Waals surface area contributed by atoms with E-state index in [-0.39, 0.29) is 6.61 Å². The highest BCUT2D eigenvalue weighted by Gasteiger charge is 2.22. The number of fused-ring (bicyclic) bond motifs is 1. The predicted molar refractivity (Wildman–Crippen MR) is 88.8 cm³/mol. The molecule has 1 fully saturated rings. The minimum Gasteiger partial charge on any atom is -0.392 e. The normalized spacial score (nSPS) is 22.2. The summed E-state index contributed by atoms with van der Waals surface area (Å²) in [6, 6.07) is 6.98. The predicted octanol–water partition coefficient (Wildman–Crippen LogP) is 2.41. The summed E-state index contributed by atoms with van der Waals surface area (Å²) in [5.74, 6) is 0.883. The largest absolute Gasteiger partial charge is 0.392 e. The first kappa shape index (κ1) is 15.2. The molecular formula is C17H24N4O. The maximum absolute atomic E-state index is 9.32. The summed E-state index contributed by atoms with van der Waals surface area (Å²) in [4.78, 5) is 11.0. The number of aliphatic hydroxyl groups excluding tert-OH is 1. The molecule has 0 aliphatic heterocycles. The van der Waals surface area contributed by atoms with Crippen molar-refractivity contribution < 1.29 is 5.11 Å². The lowest BCUT2D eigenvalue weighted by Crippen LogP contribution is -2.36. The van der Waals surface area contributed by atoms with E-state index in [0.29, 0.717) is 12.1 Å². The van der Waals surface area contributed by atoms with Gasteiger partial charge in [0.2, 0.25) is 0 Å². The van der Waals surface area contributed by atoms with Gasteiger partial charge >= 0.3 is 0 Å². The van der Waals surface area contributed by atoms with E-state index in [2.05, 4.69) is 34.3 Å². The molecule has 1 heterocycles. The van der Waals surface area contributed by atoms with Crippen molar-refractivity contribution in [3.63, 3.8) is 0 Å². The van der Waals surface area contributed by atoms with Crippen LogP contribution in [-0.4, -0.2) is 46.2 Å². The van der Waals surface area contributed by atoms with Crippen LogP contribution in [0.2, 0.25) is 0 Å². The van der Waals surface area contributed by atoms with E-state index in [1.807, 2.05) is 18.2 Å². The number of anilines is 1. The van der Waals surface area contributed by atoms with Crippen molar-refractivity contribution in [1.29, 1.82) is 0 Å². The summed E-state index contributed by atoms with van der Waals surface area (Å²) < 4.78 is 0. The van der Waals surface area contributed by atoms with E-state index in [1.54, 1.807) is 6.33 Å². The van der Waals surface area contributed by atoms with E-state index >= 15 is 0 Å². The highest BCUT2D eigenvalue weighted by atomic mass is 16.3. The standard InChI is InChI=1S/C17H24N4O/c1-21(2)14-6-4-13(5-7-14)20-17-15-9-12(10-22)3-8-16(15)18-11-19-17/h3,8-9,11,13-14,22H,4-7,10H2,1-2H3,(H,18,19,20)/t13-,14-. The van der Waals surface area contributed by atoms with Crippen LogP contribution in [0.4, 0.5) is 5.82 Å². The van der Waals surface area contributed by atoms with E-state index in [1.165, 1.54) is 12.8 Å². The van der Waals surface area contributed by atoms with Gasteiger partial charge in [-0.25, -0.2) is 9.97 Å². The Kier molecular flexibility index (Phi) is 4.55. The molecule has 0 bridgehead atoms. The molecule has 22 heavy (non-hydrogen) atoms. The Morgan fingerprint density at radius 1 is 1.18 bits per heavy atom. The van der Waals surface area contributed by atoms with Crippen molar-refractivity contribution in [3.8, 4) is 0 Å². The number of hydrogen-bond acceptors (Lipinski definition) is 5. The molecular weight excluding hydrogens is 276 g/mol. The van der Waals surface area contributed by atoms with Gasteiger partial charge in [0.1, 0.15) is 12.1 Å². The third kappa shape index (κ3) is 3.20. The van der Waals surface area contributed by atoms with Gasteiger partial charge in [-0.2, -0.15) is 0 Å². The molecule has 0 saturated heterocycles. The van der Waals surface area contributed by atoms with Crippen molar-refractivity contribution in [2.24, 2.45) is 0 Å². The van der Waals surface area contributed by atoms with Crippen molar-refractivity contribution >= 4 is 16.7 Å². The average Bonchev–Trinajstić information content (AvgIpc) is 2.55. The molecule has 5 nitrogen and oxygen atoms in total. The number of aliphatic hydroxyl groups is 1. The lowest BCUT2D eigenvalue weighted by molar-refractivity contribution is 0.221. The van der Waals surface area contributed by atoms with Gasteiger partial charge in [-0.1, -0.05) is 6.07 Å². The lowest BCUT2D eigenvalue weighted by Gasteiger charge is -2.33. The first-order chi connectivity index (χ1) is 10.7. The second-order valence-electron chi connectivity index (χ2n) is 6.35. The Bertz CT molecular complexity index is 636. The van der Waals surface area contributed by atoms with Crippen LogP contribution in [0.25, 0.3) is 10.9 Å². The Hall–Kier alpha value is -1.72. The number of aromatic nitrogens is 2. The molecule has 1 saturated carbocycles. The Balaban J connectivity index is 1.77. The number of hydrogen-bond donors (Lipinski definition) is 2. The molecule has 0 amide bonds. The van der Waals surface area contributed by atoms with Crippen LogP contribution in [0, 0.1) is 0 Å². The third-order valence-electron chi connectivity index (χ3n) is 4.65. The zero-order valence-corrected chi connectivity index (χ0v) is 13.3. The maximum Gasteiger partial charge on any atom is 0.137 e. The molecule has 118 valence electrons. The lowest BCUT2D eigenvalue weighted by atomic mass is 9.90. The number of nitrogens with one attached hydrogen (secondary N) is 1. The van der Waals surface area contributed by atoms with Crippen molar-refractivity contribution in [3.05, 3.63) is 30.1 Å². The van der Waals surface area contributed by atoms with E-state index < -0.39 is 0 Å². The van der Waals surface area contributed by atoms with Crippen molar-refractivity contribution in [1.82, 2.24) is 14.9 Å². The quantitative estimate of drug-likeness (QED) is 0.908. The fourth-order valence-electron chi connectivity index (χ4n) is 3.25. The summed E-state index contributed by atoms with van der Waals surface area (Å²) in [7, 11) is 4.32. The van der Waals surface area contributed by atoms with E-state index in [9.17, 15) is 5.11 Å². The van der Waals surface area contributed by atoms with Crippen LogP contribution in [0.1, 0.15) is 31.2 Å². The van der Waals surface area contributed by atoms with Crippen molar-refractivity contribution in [2.45, 2.75) is 44.4 Å². The van der Waals surface area contributed by atoms with Crippen LogP contribution in [0.15, 0.2) is 24.5 Å². The summed E-state index contributed by atoms with van der Waals surface area (Å²) in [5.41, 5.74) is 1.80. The smallest absolute Gasteiger partial charge is 0.137 e. The first-order valence-electron chi connectivity index (χ1n) is 7.95. The average molecular weight is 300 g/mol. The Morgan fingerprint density at radius 2 is 1.95 bits per heavy atom. The molecule has 0 spiro atoms. The van der Waals surface area contributed by atoms with Gasteiger partial charge in [-0.05, 0) is 57.5 Å². The Morgan fingerprint density at radius 3 is 2.64 bits per heavy atom. The van der Waals surface area contributed by atoms with E-state index in [0.717, 1.165) is 35.1 Å². The molecule has 5 heteroatoms. The van der Waals surface area contributed by atoms with Crippen LogP contribution in [0.5, 0.6) is 0 Å². The van der Waals surface area contributed by atoms with Crippen LogP contribution < -0.4 is 5.32 Å². The molecule has 1 aliphatic carbocycles. The van der Waals surface area contributed by atoms with Gasteiger partial charge in [0.25, 0.3) is 0 Å². The second kappa shape index (κ2) is 6.58. The summed E-state index contributed by atoms with van der Waals surface area (Å²) in [6.07, 6.45) is 6.36. The number of benzene rings is 1. The van der Waals surface area contributed by atoms with Crippen molar-refractivity contribution in [2.75, 3.05) is 19.4 Å². The topological polar surface area (TPSA) is 61.3 Å². The van der Waals surface area contributed by atoms with Gasteiger partial charge in [0.05, 0.1) is 12.1 Å². The molecule has 2 N–H and O–H groups in total. The van der Waals surface area contributed by atoms with E-state index in [4.69, 9.17) is 0 Å². The van der Waals surface area contributed by atoms with Gasteiger partial charge in [0.15, 0.2) is 0 Å². The van der Waals surface area contributed by atoms with Crippen LogP contribution in [0.3, 0.4) is 0 Å². The molecule has 0 atom stereocenters.